The van der Waals surface area contributed by atoms with Crippen molar-refractivity contribution in [2.45, 2.75) is 39.5 Å². The Kier molecular flexibility index (Phi) is 6.71. The molecule has 0 aliphatic carbocycles. The highest BCUT2D eigenvalue weighted by molar-refractivity contribution is 9.10. The normalized spacial score (nSPS) is 11.9. The van der Waals surface area contributed by atoms with Crippen LogP contribution in [0.15, 0.2) is 22.7 Å². The summed E-state index contributed by atoms with van der Waals surface area (Å²) in [5.74, 6) is -1.23. The van der Waals surface area contributed by atoms with Crippen LogP contribution in [0, 0.1) is 5.92 Å². The number of carboxylic acids is 1. The Morgan fingerprint density at radius 2 is 2.05 bits per heavy atom. The summed E-state index contributed by atoms with van der Waals surface area (Å²) in [4.78, 5) is 23.4. The topological polar surface area (TPSA) is 66.4 Å². The van der Waals surface area contributed by atoms with Gasteiger partial charge in [0, 0.05) is 10.4 Å². The molecular weight excluding hydrogens is 322 g/mol. The molecular formula is C15H20BrNO3. The molecule has 0 spiro atoms. The van der Waals surface area contributed by atoms with E-state index in [0.29, 0.717) is 5.69 Å². The van der Waals surface area contributed by atoms with Gasteiger partial charge in [0.05, 0.1) is 11.3 Å². The molecule has 0 heterocycles. The Balaban J connectivity index is 2.88. The zero-order valence-electron chi connectivity index (χ0n) is 11.8. The number of unbranched alkanes of at least 4 members (excludes halogenated alkanes) is 1. The third kappa shape index (κ3) is 4.63. The Labute approximate surface area is 127 Å². The number of carbonyl (C=O) groups is 2. The Bertz CT molecular complexity index is 488. The number of anilines is 1. The number of hydrogen-bond acceptors (Lipinski definition) is 2. The van der Waals surface area contributed by atoms with E-state index in [1.54, 1.807) is 12.1 Å². The molecule has 0 saturated carbocycles. The summed E-state index contributed by atoms with van der Waals surface area (Å²) in [6.45, 7) is 4.06. The Morgan fingerprint density at radius 1 is 1.35 bits per heavy atom. The predicted octanol–water partition coefficient (Wildman–Crippen LogP) is 4.30. The highest BCUT2D eigenvalue weighted by Crippen LogP contribution is 2.23. The summed E-state index contributed by atoms with van der Waals surface area (Å²) in [6.07, 6.45) is 3.62. The van der Waals surface area contributed by atoms with E-state index in [9.17, 15) is 9.59 Å². The number of carboxylic acid groups (broad SMARTS) is 1. The van der Waals surface area contributed by atoms with Gasteiger partial charge in [-0.2, -0.15) is 0 Å². The summed E-state index contributed by atoms with van der Waals surface area (Å²) in [7, 11) is 0. The minimum atomic E-state index is -1.05. The minimum absolute atomic E-state index is 0.0735. The summed E-state index contributed by atoms with van der Waals surface area (Å²) in [6, 6.07) is 4.75. The molecule has 0 aliphatic rings. The maximum atomic E-state index is 12.2. The maximum absolute atomic E-state index is 12.2. The van der Waals surface area contributed by atoms with Crippen LogP contribution in [0.4, 0.5) is 5.69 Å². The van der Waals surface area contributed by atoms with Crippen molar-refractivity contribution in [3.63, 3.8) is 0 Å². The van der Waals surface area contributed by atoms with E-state index < -0.39 is 5.97 Å². The number of carbonyl (C=O) groups excluding carboxylic acids is 1. The molecule has 110 valence electrons. The van der Waals surface area contributed by atoms with E-state index in [1.807, 2.05) is 6.92 Å². The standard InChI is InChI=1S/C15H20BrNO3/c1-3-5-6-10(4-2)14(18)17-13-9-11(16)7-8-12(13)15(19)20/h7-10H,3-6H2,1-2H3,(H,17,18)(H,19,20). The second-order valence-electron chi connectivity index (χ2n) is 4.73. The van der Waals surface area contributed by atoms with Crippen molar-refractivity contribution < 1.29 is 14.7 Å². The van der Waals surface area contributed by atoms with Crippen molar-refractivity contribution >= 4 is 33.5 Å². The highest BCUT2D eigenvalue weighted by atomic mass is 79.9. The Morgan fingerprint density at radius 3 is 2.60 bits per heavy atom. The molecule has 1 rings (SSSR count). The molecule has 20 heavy (non-hydrogen) atoms. The summed E-state index contributed by atoms with van der Waals surface area (Å²) in [5.41, 5.74) is 0.443. The summed E-state index contributed by atoms with van der Waals surface area (Å²) < 4.78 is 0.736. The average molecular weight is 342 g/mol. The van der Waals surface area contributed by atoms with Crippen LogP contribution < -0.4 is 5.32 Å². The number of benzene rings is 1. The number of aromatic carboxylic acids is 1. The van der Waals surface area contributed by atoms with Gasteiger partial charge >= 0.3 is 5.97 Å². The van der Waals surface area contributed by atoms with Crippen molar-refractivity contribution in [3.8, 4) is 0 Å². The second kappa shape index (κ2) is 8.04. The Hall–Kier alpha value is -1.36. The molecule has 0 aromatic heterocycles. The van der Waals surface area contributed by atoms with Gasteiger partial charge in [-0.05, 0) is 31.0 Å². The van der Waals surface area contributed by atoms with Crippen molar-refractivity contribution in [3.05, 3.63) is 28.2 Å². The zero-order chi connectivity index (χ0) is 15.1. The molecule has 1 amide bonds. The van der Waals surface area contributed by atoms with Crippen LogP contribution in [-0.4, -0.2) is 17.0 Å². The van der Waals surface area contributed by atoms with E-state index in [4.69, 9.17) is 5.11 Å². The lowest BCUT2D eigenvalue weighted by Crippen LogP contribution is -2.23. The first-order valence-electron chi connectivity index (χ1n) is 6.83. The molecule has 0 bridgehead atoms. The van der Waals surface area contributed by atoms with Gasteiger partial charge in [-0.1, -0.05) is 42.6 Å². The van der Waals surface area contributed by atoms with Crippen LogP contribution >= 0.6 is 15.9 Å². The van der Waals surface area contributed by atoms with Crippen LogP contribution in [-0.2, 0) is 4.79 Å². The monoisotopic (exact) mass is 341 g/mol. The van der Waals surface area contributed by atoms with Crippen molar-refractivity contribution in [2.75, 3.05) is 5.32 Å². The third-order valence-electron chi connectivity index (χ3n) is 3.24. The van der Waals surface area contributed by atoms with Gasteiger partial charge in [0.2, 0.25) is 5.91 Å². The fourth-order valence-corrected chi connectivity index (χ4v) is 2.37. The fourth-order valence-electron chi connectivity index (χ4n) is 2.01. The summed E-state index contributed by atoms with van der Waals surface area (Å²) >= 11 is 3.29. The van der Waals surface area contributed by atoms with Crippen LogP contribution in [0.3, 0.4) is 0 Å². The van der Waals surface area contributed by atoms with Crippen molar-refractivity contribution in [1.29, 1.82) is 0 Å². The lowest BCUT2D eigenvalue weighted by Gasteiger charge is -2.16. The highest BCUT2D eigenvalue weighted by Gasteiger charge is 2.19. The first-order valence-corrected chi connectivity index (χ1v) is 7.62. The van der Waals surface area contributed by atoms with Gasteiger partial charge < -0.3 is 10.4 Å². The third-order valence-corrected chi connectivity index (χ3v) is 3.73. The van der Waals surface area contributed by atoms with Crippen LogP contribution in [0.25, 0.3) is 0 Å². The van der Waals surface area contributed by atoms with Gasteiger partial charge in [-0.15, -0.1) is 0 Å². The average Bonchev–Trinajstić information content (AvgIpc) is 2.39. The zero-order valence-corrected chi connectivity index (χ0v) is 13.4. The first kappa shape index (κ1) is 16.7. The smallest absolute Gasteiger partial charge is 0.337 e. The number of amides is 1. The van der Waals surface area contributed by atoms with E-state index in [2.05, 4.69) is 28.2 Å². The lowest BCUT2D eigenvalue weighted by atomic mass is 9.98. The fraction of sp³-hybridized carbons (Fsp3) is 0.467. The van der Waals surface area contributed by atoms with Gasteiger partial charge in [-0.25, -0.2) is 4.79 Å². The van der Waals surface area contributed by atoms with E-state index in [1.165, 1.54) is 6.07 Å². The molecule has 1 atom stereocenters. The number of halogens is 1. The molecule has 0 aliphatic heterocycles. The SMILES string of the molecule is CCCCC(CC)C(=O)Nc1cc(Br)ccc1C(=O)O. The molecule has 1 unspecified atom stereocenters. The van der Waals surface area contributed by atoms with E-state index in [-0.39, 0.29) is 17.4 Å². The first-order chi connectivity index (χ1) is 9.49. The van der Waals surface area contributed by atoms with Gasteiger partial charge in [0.15, 0.2) is 0 Å². The van der Waals surface area contributed by atoms with Crippen LogP contribution in [0.1, 0.15) is 49.9 Å². The number of hydrogen-bond donors (Lipinski definition) is 2. The van der Waals surface area contributed by atoms with Gasteiger partial charge in [-0.3, -0.25) is 4.79 Å². The van der Waals surface area contributed by atoms with E-state index >= 15 is 0 Å². The molecule has 0 fully saturated rings. The van der Waals surface area contributed by atoms with E-state index in [0.717, 1.165) is 30.2 Å². The van der Waals surface area contributed by atoms with Crippen LogP contribution in [0.5, 0.6) is 0 Å². The minimum Gasteiger partial charge on any atom is -0.478 e. The number of rotatable bonds is 7. The molecule has 2 N–H and O–H groups in total. The molecule has 5 heteroatoms. The van der Waals surface area contributed by atoms with Crippen molar-refractivity contribution in [2.24, 2.45) is 5.92 Å². The molecule has 0 radical (unpaired) electrons. The van der Waals surface area contributed by atoms with Gasteiger partial charge in [0.1, 0.15) is 0 Å². The largest absolute Gasteiger partial charge is 0.478 e. The lowest BCUT2D eigenvalue weighted by molar-refractivity contribution is -0.120. The molecule has 1 aromatic carbocycles. The molecule has 0 saturated heterocycles. The predicted molar refractivity (Wildman–Crippen MR) is 83.0 cm³/mol. The van der Waals surface area contributed by atoms with Gasteiger partial charge in [0.25, 0.3) is 0 Å². The maximum Gasteiger partial charge on any atom is 0.337 e. The molecule has 4 nitrogen and oxygen atoms in total. The number of nitrogens with one attached hydrogen (secondary N) is 1. The van der Waals surface area contributed by atoms with Crippen LogP contribution in [0.2, 0.25) is 0 Å². The van der Waals surface area contributed by atoms with Crippen molar-refractivity contribution in [1.82, 2.24) is 0 Å². The second-order valence-corrected chi connectivity index (χ2v) is 5.65. The molecule has 1 aromatic rings. The summed E-state index contributed by atoms with van der Waals surface area (Å²) in [5, 5.41) is 11.9. The quantitative estimate of drug-likeness (QED) is 0.776.